The maximum Gasteiger partial charge on any atom is 0.418 e. The van der Waals surface area contributed by atoms with E-state index in [1.807, 2.05) is 0 Å². The zero-order valence-corrected chi connectivity index (χ0v) is 8.79. The van der Waals surface area contributed by atoms with Gasteiger partial charge in [-0.1, -0.05) is 0 Å². The summed E-state index contributed by atoms with van der Waals surface area (Å²) in [4.78, 5) is 1.01. The molecule has 1 heterocycles. The molecule has 0 saturated heterocycles. The minimum absolute atomic E-state index is 0.0715. The molecule has 1 nitrogen and oxygen atoms in total. The Balaban J connectivity index is 2.33. The molecular formula is C10H11F3OS. The Labute approximate surface area is 89.5 Å². The van der Waals surface area contributed by atoms with Gasteiger partial charge in [-0.25, -0.2) is 0 Å². The first kappa shape index (κ1) is 11.0. The molecule has 0 radical (unpaired) electrons. The van der Waals surface area contributed by atoms with Crippen LogP contribution in [0.1, 0.15) is 34.9 Å². The Hall–Kier alpha value is -0.550. The summed E-state index contributed by atoms with van der Waals surface area (Å²) in [5, 5.41) is 10.6. The van der Waals surface area contributed by atoms with Crippen molar-refractivity contribution in [3.8, 4) is 0 Å². The van der Waals surface area contributed by atoms with E-state index in [0.717, 1.165) is 29.7 Å². The van der Waals surface area contributed by atoms with E-state index < -0.39 is 12.3 Å². The highest BCUT2D eigenvalue weighted by Crippen LogP contribution is 2.39. The van der Waals surface area contributed by atoms with Crippen LogP contribution in [0.15, 0.2) is 5.38 Å². The van der Waals surface area contributed by atoms with Crippen molar-refractivity contribution in [3.63, 3.8) is 0 Å². The summed E-state index contributed by atoms with van der Waals surface area (Å²) in [5.41, 5.74) is 0.804. The van der Waals surface area contributed by atoms with E-state index in [9.17, 15) is 18.3 Å². The highest BCUT2D eigenvalue weighted by molar-refractivity contribution is 7.10. The highest BCUT2D eigenvalue weighted by Gasteiger charge is 2.41. The van der Waals surface area contributed by atoms with Gasteiger partial charge in [0.2, 0.25) is 0 Å². The lowest BCUT2D eigenvalue weighted by Crippen LogP contribution is -2.21. The average molecular weight is 236 g/mol. The SMILES string of the molecule is OC(c1csc2c1CCCC2)C(F)(F)F. The lowest BCUT2D eigenvalue weighted by atomic mass is 9.94. The summed E-state index contributed by atoms with van der Waals surface area (Å²) in [6.07, 6.45) is -3.38. The largest absolute Gasteiger partial charge is 0.418 e. The minimum Gasteiger partial charge on any atom is -0.379 e. The molecular weight excluding hydrogens is 225 g/mol. The number of thiophene rings is 1. The van der Waals surface area contributed by atoms with Crippen LogP contribution in [-0.4, -0.2) is 11.3 Å². The molecule has 1 aliphatic carbocycles. The predicted molar refractivity (Wildman–Crippen MR) is 52.0 cm³/mol. The quantitative estimate of drug-likeness (QED) is 0.793. The van der Waals surface area contributed by atoms with Crippen molar-refractivity contribution in [2.75, 3.05) is 0 Å². The van der Waals surface area contributed by atoms with Crippen LogP contribution in [0.3, 0.4) is 0 Å². The monoisotopic (exact) mass is 236 g/mol. The van der Waals surface area contributed by atoms with Gasteiger partial charge in [0.25, 0.3) is 0 Å². The Kier molecular flexibility index (Phi) is 2.77. The van der Waals surface area contributed by atoms with Crippen LogP contribution in [0.2, 0.25) is 0 Å². The first-order valence-electron chi connectivity index (χ1n) is 4.84. The summed E-state index contributed by atoms with van der Waals surface area (Å²) < 4.78 is 37.0. The van der Waals surface area contributed by atoms with Crippen molar-refractivity contribution in [2.24, 2.45) is 0 Å². The first-order valence-corrected chi connectivity index (χ1v) is 5.72. The van der Waals surface area contributed by atoms with Crippen molar-refractivity contribution in [3.05, 3.63) is 21.4 Å². The second kappa shape index (κ2) is 3.79. The van der Waals surface area contributed by atoms with Crippen molar-refractivity contribution in [1.82, 2.24) is 0 Å². The Morgan fingerprint density at radius 3 is 2.60 bits per heavy atom. The molecule has 0 fully saturated rings. The van der Waals surface area contributed by atoms with Gasteiger partial charge in [-0.2, -0.15) is 13.2 Å². The fourth-order valence-electron chi connectivity index (χ4n) is 1.92. The normalized spacial score (nSPS) is 18.7. The summed E-state index contributed by atoms with van der Waals surface area (Å²) in [7, 11) is 0. The molecule has 1 unspecified atom stereocenters. The number of alkyl halides is 3. The van der Waals surface area contributed by atoms with Crippen LogP contribution in [0, 0.1) is 0 Å². The van der Waals surface area contributed by atoms with Crippen molar-refractivity contribution < 1.29 is 18.3 Å². The van der Waals surface area contributed by atoms with E-state index in [2.05, 4.69) is 0 Å². The molecule has 1 N–H and O–H groups in total. The molecule has 0 saturated carbocycles. The van der Waals surface area contributed by atoms with E-state index in [1.54, 1.807) is 0 Å². The second-order valence-corrected chi connectivity index (χ2v) is 4.71. The van der Waals surface area contributed by atoms with Crippen LogP contribution in [0.25, 0.3) is 0 Å². The molecule has 84 valence electrons. The van der Waals surface area contributed by atoms with E-state index in [0.29, 0.717) is 6.42 Å². The number of rotatable bonds is 1. The topological polar surface area (TPSA) is 20.2 Å². The molecule has 0 spiro atoms. The summed E-state index contributed by atoms with van der Waals surface area (Å²) in [5.74, 6) is 0. The third-order valence-electron chi connectivity index (χ3n) is 2.70. The number of aliphatic hydroxyl groups excluding tert-OH is 1. The molecule has 15 heavy (non-hydrogen) atoms. The number of aliphatic hydroxyl groups is 1. The molecule has 0 bridgehead atoms. The van der Waals surface area contributed by atoms with Crippen molar-refractivity contribution in [2.45, 2.75) is 38.0 Å². The van der Waals surface area contributed by atoms with Gasteiger partial charge in [0.05, 0.1) is 0 Å². The minimum atomic E-state index is -4.55. The van der Waals surface area contributed by atoms with Crippen LogP contribution in [0.4, 0.5) is 13.2 Å². The molecule has 1 atom stereocenters. The van der Waals surface area contributed by atoms with Gasteiger partial charge in [0.1, 0.15) is 0 Å². The maximum atomic E-state index is 12.3. The molecule has 1 aromatic heterocycles. The molecule has 0 aliphatic heterocycles. The third kappa shape index (κ3) is 2.03. The molecule has 2 rings (SSSR count). The zero-order chi connectivity index (χ0) is 11.1. The average Bonchev–Trinajstić information content (AvgIpc) is 2.58. The number of aryl methyl sites for hydroxylation is 1. The van der Waals surface area contributed by atoms with Crippen LogP contribution >= 0.6 is 11.3 Å². The molecule has 5 heteroatoms. The molecule has 0 aromatic carbocycles. The van der Waals surface area contributed by atoms with Gasteiger partial charge in [-0.3, -0.25) is 0 Å². The third-order valence-corrected chi connectivity index (χ3v) is 3.81. The fourth-order valence-corrected chi connectivity index (χ4v) is 3.09. The van der Waals surface area contributed by atoms with Crippen LogP contribution in [-0.2, 0) is 12.8 Å². The van der Waals surface area contributed by atoms with Gasteiger partial charge in [-0.05, 0) is 36.6 Å². The van der Waals surface area contributed by atoms with Gasteiger partial charge >= 0.3 is 6.18 Å². The van der Waals surface area contributed by atoms with E-state index in [1.165, 1.54) is 16.7 Å². The number of hydrogen-bond donors (Lipinski definition) is 1. The second-order valence-electron chi connectivity index (χ2n) is 3.74. The van der Waals surface area contributed by atoms with Crippen molar-refractivity contribution in [1.29, 1.82) is 0 Å². The zero-order valence-electron chi connectivity index (χ0n) is 7.97. The van der Waals surface area contributed by atoms with Crippen molar-refractivity contribution >= 4 is 11.3 Å². The lowest BCUT2D eigenvalue weighted by molar-refractivity contribution is -0.206. The number of hydrogen-bond acceptors (Lipinski definition) is 2. The van der Waals surface area contributed by atoms with E-state index in [4.69, 9.17) is 0 Å². The van der Waals surface area contributed by atoms with E-state index in [-0.39, 0.29) is 5.56 Å². The Morgan fingerprint density at radius 2 is 1.93 bits per heavy atom. The van der Waals surface area contributed by atoms with Crippen LogP contribution < -0.4 is 0 Å². The van der Waals surface area contributed by atoms with E-state index >= 15 is 0 Å². The standard InChI is InChI=1S/C10H11F3OS/c11-10(12,13)9(14)7-5-15-8-4-2-1-3-6(7)8/h5,9,14H,1-4H2. The maximum absolute atomic E-state index is 12.3. The summed E-state index contributed by atoms with van der Waals surface area (Å²) >= 11 is 1.34. The predicted octanol–water partition coefficient (Wildman–Crippen LogP) is 3.22. The Bertz CT molecular complexity index is 356. The molecule has 1 aliphatic rings. The van der Waals surface area contributed by atoms with Gasteiger partial charge in [-0.15, -0.1) is 11.3 Å². The Morgan fingerprint density at radius 1 is 1.27 bits per heavy atom. The smallest absolute Gasteiger partial charge is 0.379 e. The van der Waals surface area contributed by atoms with Gasteiger partial charge < -0.3 is 5.11 Å². The van der Waals surface area contributed by atoms with Gasteiger partial charge in [0.15, 0.2) is 6.10 Å². The summed E-state index contributed by atoms with van der Waals surface area (Å²) in [6.45, 7) is 0. The molecule has 1 aromatic rings. The van der Waals surface area contributed by atoms with Crippen LogP contribution in [0.5, 0.6) is 0 Å². The lowest BCUT2D eigenvalue weighted by Gasteiger charge is -2.18. The first-order chi connectivity index (χ1) is 7.00. The fraction of sp³-hybridized carbons (Fsp3) is 0.600. The molecule has 0 amide bonds. The highest BCUT2D eigenvalue weighted by atomic mass is 32.1. The summed E-state index contributed by atoms with van der Waals surface area (Å²) in [6, 6.07) is 0. The number of fused-ring (bicyclic) bond motifs is 1. The van der Waals surface area contributed by atoms with Gasteiger partial charge in [0, 0.05) is 10.4 Å². The number of halogens is 3.